The van der Waals surface area contributed by atoms with Crippen molar-refractivity contribution in [2.24, 2.45) is 0 Å². The number of Topliss-reactive ketones (excluding diaryl/α,β-unsaturated/α-hetero) is 1. The number of aliphatic hydroxyl groups is 1. The molecule has 2 aromatic rings. The fourth-order valence-corrected chi connectivity index (χ4v) is 4.30. The summed E-state index contributed by atoms with van der Waals surface area (Å²) in [5.74, 6) is -1.14. The predicted octanol–water partition coefficient (Wildman–Crippen LogP) is 3.87. The van der Waals surface area contributed by atoms with Gasteiger partial charge in [-0.1, -0.05) is 17.7 Å². The number of hydrogen-bond donors (Lipinski definition) is 1. The number of benzene rings is 1. The van der Waals surface area contributed by atoms with Gasteiger partial charge in [-0.05, 0) is 36.1 Å². The lowest BCUT2D eigenvalue weighted by molar-refractivity contribution is -0.140. The Morgan fingerprint density at radius 1 is 1.29 bits per heavy atom. The predicted molar refractivity (Wildman–Crippen MR) is 108 cm³/mol. The van der Waals surface area contributed by atoms with Gasteiger partial charge in [0, 0.05) is 30.7 Å². The van der Waals surface area contributed by atoms with Crippen LogP contribution in [0.15, 0.2) is 41.3 Å². The van der Waals surface area contributed by atoms with Crippen molar-refractivity contribution in [2.45, 2.75) is 12.5 Å². The Balaban J connectivity index is 2.08. The van der Waals surface area contributed by atoms with Crippen LogP contribution in [0.3, 0.4) is 0 Å². The second kappa shape index (κ2) is 8.77. The van der Waals surface area contributed by atoms with Gasteiger partial charge in [0.15, 0.2) is 0 Å². The zero-order valence-corrected chi connectivity index (χ0v) is 17.0. The Hall–Kier alpha value is -2.35. The van der Waals surface area contributed by atoms with Gasteiger partial charge >= 0.3 is 0 Å². The van der Waals surface area contributed by atoms with Crippen molar-refractivity contribution in [3.8, 4) is 5.75 Å². The van der Waals surface area contributed by atoms with Crippen molar-refractivity contribution >= 4 is 40.4 Å². The lowest BCUT2D eigenvalue weighted by atomic mass is 9.99. The molecular weight excluding hydrogens is 402 g/mol. The molecule has 1 fully saturated rings. The van der Waals surface area contributed by atoms with Gasteiger partial charge in [-0.15, -0.1) is 11.3 Å². The van der Waals surface area contributed by atoms with E-state index in [1.165, 1.54) is 29.4 Å². The average Bonchev–Trinajstić information content (AvgIpc) is 3.30. The molecule has 2 heterocycles. The first-order chi connectivity index (χ1) is 13.5. The Kier molecular flexibility index (Phi) is 6.39. The van der Waals surface area contributed by atoms with Crippen molar-refractivity contribution in [2.75, 3.05) is 27.4 Å². The van der Waals surface area contributed by atoms with Gasteiger partial charge in [0.05, 0.1) is 23.7 Å². The number of rotatable bonds is 7. The molecule has 0 radical (unpaired) electrons. The third-order valence-electron chi connectivity index (χ3n) is 4.53. The zero-order valence-electron chi connectivity index (χ0n) is 15.5. The maximum Gasteiger partial charge on any atom is 0.295 e. The van der Waals surface area contributed by atoms with Gasteiger partial charge in [0.25, 0.3) is 11.7 Å². The fourth-order valence-electron chi connectivity index (χ4n) is 3.20. The first kappa shape index (κ1) is 20.4. The minimum atomic E-state index is -0.708. The van der Waals surface area contributed by atoms with E-state index in [1.807, 2.05) is 17.5 Å². The van der Waals surface area contributed by atoms with Crippen molar-refractivity contribution < 1.29 is 24.2 Å². The molecule has 0 saturated carbocycles. The first-order valence-corrected chi connectivity index (χ1v) is 9.90. The van der Waals surface area contributed by atoms with Gasteiger partial charge < -0.3 is 19.5 Å². The number of methoxy groups -OCH3 is 2. The van der Waals surface area contributed by atoms with E-state index in [0.717, 1.165) is 4.88 Å². The molecule has 148 valence electrons. The second-order valence-corrected chi connectivity index (χ2v) is 7.59. The molecule has 0 aliphatic carbocycles. The number of carbonyl (C=O) groups excluding carboxylic acids is 2. The molecule has 1 aromatic carbocycles. The summed E-state index contributed by atoms with van der Waals surface area (Å²) >= 11 is 7.59. The molecule has 1 atom stereocenters. The summed E-state index contributed by atoms with van der Waals surface area (Å²) in [6.45, 7) is 0.815. The standard InChI is InChI=1S/C20H20ClNO5S/c1-26-9-4-8-22-17(15-5-3-10-28-15)16(19(24)20(22)25)18(23)12-6-7-14(27-2)13(21)11-12/h3,5-7,10-11,17,23H,4,8-9H2,1-2H3/b18-16-. The van der Waals surface area contributed by atoms with Crippen LogP contribution in [-0.4, -0.2) is 49.1 Å². The van der Waals surface area contributed by atoms with E-state index < -0.39 is 17.7 Å². The number of halogens is 1. The summed E-state index contributed by atoms with van der Waals surface area (Å²) in [6.07, 6.45) is 0.583. The van der Waals surface area contributed by atoms with E-state index in [4.69, 9.17) is 21.1 Å². The molecule has 1 aliphatic heterocycles. The van der Waals surface area contributed by atoms with Crippen LogP contribution in [0.4, 0.5) is 0 Å². The molecule has 1 aliphatic rings. The number of aliphatic hydroxyl groups excluding tert-OH is 1. The lowest BCUT2D eigenvalue weighted by Gasteiger charge is -2.24. The summed E-state index contributed by atoms with van der Waals surface area (Å²) in [6, 6.07) is 7.77. The van der Waals surface area contributed by atoms with E-state index in [-0.39, 0.29) is 11.3 Å². The van der Waals surface area contributed by atoms with Crippen LogP contribution in [0.25, 0.3) is 5.76 Å². The maximum absolute atomic E-state index is 12.8. The number of ether oxygens (including phenoxy) is 2. The molecule has 0 spiro atoms. The third kappa shape index (κ3) is 3.78. The van der Waals surface area contributed by atoms with E-state index >= 15 is 0 Å². The van der Waals surface area contributed by atoms with Gasteiger partial charge in [0.2, 0.25) is 0 Å². The SMILES string of the molecule is COCCCN1C(=O)C(=O)/C(=C(\O)c2ccc(OC)c(Cl)c2)C1c1cccs1. The van der Waals surface area contributed by atoms with Crippen molar-refractivity contribution in [3.63, 3.8) is 0 Å². The summed E-state index contributed by atoms with van der Waals surface area (Å²) in [7, 11) is 3.07. The zero-order chi connectivity index (χ0) is 20.3. The molecule has 1 saturated heterocycles. The van der Waals surface area contributed by atoms with Crippen LogP contribution >= 0.6 is 22.9 Å². The summed E-state index contributed by atoms with van der Waals surface area (Å²) in [4.78, 5) is 27.7. The average molecular weight is 422 g/mol. The van der Waals surface area contributed by atoms with Gasteiger partial charge in [-0.25, -0.2) is 0 Å². The van der Waals surface area contributed by atoms with Crippen LogP contribution in [0.2, 0.25) is 5.02 Å². The van der Waals surface area contributed by atoms with Crippen molar-refractivity contribution in [1.82, 2.24) is 4.90 Å². The Labute approximate surface area is 171 Å². The van der Waals surface area contributed by atoms with Crippen molar-refractivity contribution in [3.05, 3.63) is 56.7 Å². The Morgan fingerprint density at radius 2 is 2.07 bits per heavy atom. The third-order valence-corrected chi connectivity index (χ3v) is 5.75. The van der Waals surface area contributed by atoms with Crippen molar-refractivity contribution in [1.29, 1.82) is 0 Å². The molecule has 1 amide bonds. The van der Waals surface area contributed by atoms with E-state index in [1.54, 1.807) is 19.2 Å². The number of carbonyl (C=O) groups is 2. The summed E-state index contributed by atoms with van der Waals surface area (Å²) in [5, 5.41) is 13.1. The topological polar surface area (TPSA) is 76.1 Å². The molecule has 0 bridgehead atoms. The fraction of sp³-hybridized carbons (Fsp3) is 0.300. The quantitative estimate of drug-likeness (QED) is 0.318. The molecule has 1 unspecified atom stereocenters. The number of ketones is 1. The lowest BCUT2D eigenvalue weighted by Crippen LogP contribution is -2.31. The highest BCUT2D eigenvalue weighted by Crippen LogP contribution is 2.41. The number of amides is 1. The summed E-state index contributed by atoms with van der Waals surface area (Å²) < 4.78 is 10.2. The summed E-state index contributed by atoms with van der Waals surface area (Å²) in [5.41, 5.74) is 0.411. The number of hydrogen-bond acceptors (Lipinski definition) is 6. The first-order valence-electron chi connectivity index (χ1n) is 8.64. The van der Waals surface area contributed by atoms with Gasteiger partial charge in [-0.3, -0.25) is 9.59 Å². The van der Waals surface area contributed by atoms with Crippen LogP contribution in [0, 0.1) is 0 Å². The van der Waals surface area contributed by atoms with Gasteiger partial charge in [-0.2, -0.15) is 0 Å². The normalized spacial score (nSPS) is 18.7. The number of thiophene rings is 1. The second-order valence-electron chi connectivity index (χ2n) is 6.20. The van der Waals surface area contributed by atoms with Crippen LogP contribution in [0.5, 0.6) is 5.75 Å². The molecule has 1 aromatic heterocycles. The molecule has 1 N–H and O–H groups in total. The van der Waals surface area contributed by atoms with Gasteiger partial charge in [0.1, 0.15) is 11.5 Å². The van der Waals surface area contributed by atoms with E-state index in [0.29, 0.717) is 35.9 Å². The Bertz CT molecular complexity index is 909. The molecular formula is C20H20ClNO5S. The van der Waals surface area contributed by atoms with E-state index in [9.17, 15) is 14.7 Å². The minimum Gasteiger partial charge on any atom is -0.507 e. The van der Waals surface area contributed by atoms with Crippen LogP contribution in [0.1, 0.15) is 22.9 Å². The monoisotopic (exact) mass is 421 g/mol. The number of nitrogens with zero attached hydrogens (tertiary/aromatic N) is 1. The number of likely N-dealkylation sites (tertiary alicyclic amines) is 1. The highest BCUT2D eigenvalue weighted by Gasteiger charge is 2.46. The largest absolute Gasteiger partial charge is 0.507 e. The maximum atomic E-state index is 12.8. The molecule has 28 heavy (non-hydrogen) atoms. The minimum absolute atomic E-state index is 0.0612. The molecule has 3 rings (SSSR count). The highest BCUT2D eigenvalue weighted by molar-refractivity contribution is 7.10. The van der Waals surface area contributed by atoms with E-state index in [2.05, 4.69) is 0 Å². The van der Waals surface area contributed by atoms with Crippen LogP contribution in [-0.2, 0) is 14.3 Å². The molecule has 6 nitrogen and oxygen atoms in total. The highest BCUT2D eigenvalue weighted by atomic mass is 35.5. The Morgan fingerprint density at radius 3 is 2.68 bits per heavy atom. The van der Waals surface area contributed by atoms with Crippen LogP contribution < -0.4 is 4.74 Å². The molecule has 8 heteroatoms. The smallest absolute Gasteiger partial charge is 0.295 e.